The number of ether oxygens (including phenoxy) is 1. The van der Waals surface area contributed by atoms with Gasteiger partial charge in [0, 0.05) is 6.61 Å². The molecule has 0 saturated heterocycles. The van der Waals surface area contributed by atoms with Gasteiger partial charge in [0.15, 0.2) is 6.29 Å². The van der Waals surface area contributed by atoms with Crippen LogP contribution in [-0.2, 0) is 4.74 Å². The summed E-state index contributed by atoms with van der Waals surface area (Å²) < 4.78 is 5.41. The van der Waals surface area contributed by atoms with Gasteiger partial charge in [0.25, 0.3) is 0 Å². The lowest BCUT2D eigenvalue weighted by Gasteiger charge is -2.11. The van der Waals surface area contributed by atoms with Crippen LogP contribution in [0.15, 0.2) is 0 Å². The summed E-state index contributed by atoms with van der Waals surface area (Å²) in [7, 11) is 0. The minimum atomic E-state index is -0.526. The van der Waals surface area contributed by atoms with Gasteiger partial charge < -0.3 is 9.84 Å². The molecule has 0 saturated carbocycles. The van der Waals surface area contributed by atoms with Crippen molar-refractivity contribution in [2.75, 3.05) is 6.61 Å². The van der Waals surface area contributed by atoms with Gasteiger partial charge in [0.05, 0.1) is 0 Å². The zero-order valence-corrected chi connectivity index (χ0v) is 12.6. The Labute approximate surface area is 114 Å². The highest BCUT2D eigenvalue weighted by Gasteiger charge is 2.03. The van der Waals surface area contributed by atoms with Crippen molar-refractivity contribution in [3.05, 3.63) is 0 Å². The molecule has 1 N–H and O–H groups in total. The Bertz CT molecular complexity index is 148. The fourth-order valence-corrected chi connectivity index (χ4v) is 2.11. The summed E-state index contributed by atoms with van der Waals surface area (Å²) in [5.74, 6) is 0. The molecule has 0 bridgehead atoms. The van der Waals surface area contributed by atoms with E-state index in [1.54, 1.807) is 0 Å². The molecule has 2 nitrogen and oxygen atoms in total. The first-order chi connectivity index (χ1) is 8.81. The molecule has 1 atom stereocenters. The normalized spacial score (nSPS) is 12.8. The highest BCUT2D eigenvalue weighted by atomic mass is 16.6. The van der Waals surface area contributed by atoms with Crippen LogP contribution in [0.3, 0.4) is 0 Å². The monoisotopic (exact) mass is 258 g/mol. The molecule has 0 heterocycles. The maximum Gasteiger partial charge on any atom is 0.154 e. The van der Waals surface area contributed by atoms with Crippen molar-refractivity contribution in [3.8, 4) is 0 Å². The molecular formula is C16H34O2. The van der Waals surface area contributed by atoms with E-state index in [0.29, 0.717) is 0 Å². The Kier molecular flexibility index (Phi) is 14.9. The molecule has 0 aromatic rings. The van der Waals surface area contributed by atoms with Crippen LogP contribution in [0.1, 0.15) is 90.9 Å². The molecule has 0 aliphatic rings. The second-order valence-corrected chi connectivity index (χ2v) is 5.30. The van der Waals surface area contributed by atoms with Gasteiger partial charge in [0.1, 0.15) is 0 Å². The van der Waals surface area contributed by atoms with Gasteiger partial charge in [-0.05, 0) is 19.3 Å². The number of aliphatic hydroxyl groups excluding tert-OH is 1. The van der Waals surface area contributed by atoms with E-state index in [4.69, 9.17) is 4.74 Å². The highest BCUT2D eigenvalue weighted by Crippen LogP contribution is 2.09. The molecule has 0 amide bonds. The summed E-state index contributed by atoms with van der Waals surface area (Å²) in [6.07, 6.45) is 14.1. The van der Waals surface area contributed by atoms with Crippen molar-refractivity contribution >= 4 is 0 Å². The Morgan fingerprint density at radius 2 is 1.22 bits per heavy atom. The lowest BCUT2D eigenvalue weighted by molar-refractivity contribution is -0.105. The third kappa shape index (κ3) is 14.0. The largest absolute Gasteiger partial charge is 0.368 e. The number of hydrogen-bond donors (Lipinski definition) is 1. The van der Waals surface area contributed by atoms with E-state index in [9.17, 15) is 5.11 Å². The first kappa shape index (κ1) is 17.9. The van der Waals surface area contributed by atoms with Crippen LogP contribution < -0.4 is 0 Å². The van der Waals surface area contributed by atoms with E-state index < -0.39 is 6.29 Å². The Balaban J connectivity index is 3.09. The zero-order valence-electron chi connectivity index (χ0n) is 12.6. The highest BCUT2D eigenvalue weighted by molar-refractivity contribution is 4.48. The van der Waals surface area contributed by atoms with Crippen LogP contribution in [0.2, 0.25) is 0 Å². The van der Waals surface area contributed by atoms with Crippen molar-refractivity contribution in [2.24, 2.45) is 0 Å². The number of rotatable bonds is 14. The molecule has 0 rings (SSSR count). The number of aliphatic hydroxyl groups is 1. The lowest BCUT2D eigenvalue weighted by atomic mass is 10.1. The number of unbranched alkanes of at least 4 members (excludes halogenated alkanes) is 9. The Morgan fingerprint density at radius 1 is 0.722 bits per heavy atom. The van der Waals surface area contributed by atoms with E-state index in [1.165, 1.54) is 57.8 Å². The zero-order chi connectivity index (χ0) is 13.5. The van der Waals surface area contributed by atoms with E-state index in [2.05, 4.69) is 13.8 Å². The summed E-state index contributed by atoms with van der Waals surface area (Å²) in [6, 6.07) is 0. The second kappa shape index (κ2) is 15.0. The quantitative estimate of drug-likeness (QED) is 0.349. The fraction of sp³-hybridized carbons (Fsp3) is 1.00. The van der Waals surface area contributed by atoms with Gasteiger partial charge in [-0.25, -0.2) is 0 Å². The third-order valence-corrected chi connectivity index (χ3v) is 3.36. The molecular weight excluding hydrogens is 224 g/mol. The summed E-state index contributed by atoms with van der Waals surface area (Å²) in [4.78, 5) is 0. The van der Waals surface area contributed by atoms with Gasteiger partial charge in [-0.1, -0.05) is 71.6 Å². The van der Waals surface area contributed by atoms with E-state index in [-0.39, 0.29) is 0 Å². The Hall–Kier alpha value is -0.0800. The molecule has 18 heavy (non-hydrogen) atoms. The van der Waals surface area contributed by atoms with Crippen LogP contribution in [0, 0.1) is 0 Å². The average Bonchev–Trinajstić information content (AvgIpc) is 2.37. The minimum absolute atomic E-state index is 0.526. The van der Waals surface area contributed by atoms with E-state index in [1.807, 2.05) is 0 Å². The van der Waals surface area contributed by atoms with Crippen molar-refractivity contribution in [3.63, 3.8) is 0 Å². The maximum absolute atomic E-state index is 9.62. The first-order valence-electron chi connectivity index (χ1n) is 8.11. The Morgan fingerprint density at radius 3 is 1.83 bits per heavy atom. The molecule has 110 valence electrons. The lowest BCUT2D eigenvalue weighted by Crippen LogP contribution is -2.12. The summed E-state index contributed by atoms with van der Waals surface area (Å²) in [5.41, 5.74) is 0. The third-order valence-electron chi connectivity index (χ3n) is 3.36. The molecule has 0 radical (unpaired) electrons. The topological polar surface area (TPSA) is 29.5 Å². The maximum atomic E-state index is 9.62. The SMILES string of the molecule is CCCCCCCCOC(O)CCCCCCC. The first-order valence-corrected chi connectivity index (χ1v) is 8.11. The van der Waals surface area contributed by atoms with Crippen LogP contribution in [0.25, 0.3) is 0 Å². The molecule has 0 spiro atoms. The molecule has 0 aromatic heterocycles. The molecule has 2 heteroatoms. The predicted octanol–water partition coefficient (Wildman–Crippen LogP) is 5.04. The van der Waals surface area contributed by atoms with Crippen molar-refractivity contribution in [1.82, 2.24) is 0 Å². The number of hydrogen-bond acceptors (Lipinski definition) is 2. The molecule has 0 aliphatic heterocycles. The standard InChI is InChI=1S/C16H34O2/c1-3-5-7-9-11-13-15-18-16(17)14-12-10-8-6-4-2/h16-17H,3-15H2,1-2H3. The smallest absolute Gasteiger partial charge is 0.154 e. The van der Waals surface area contributed by atoms with Gasteiger partial charge in [-0.15, -0.1) is 0 Å². The van der Waals surface area contributed by atoms with E-state index in [0.717, 1.165) is 25.9 Å². The summed E-state index contributed by atoms with van der Waals surface area (Å²) in [6.45, 7) is 5.18. The van der Waals surface area contributed by atoms with Gasteiger partial charge in [0.2, 0.25) is 0 Å². The fourth-order valence-electron chi connectivity index (χ4n) is 2.11. The molecule has 1 unspecified atom stereocenters. The molecule has 0 aromatic carbocycles. The molecule has 0 aliphatic carbocycles. The van der Waals surface area contributed by atoms with Crippen LogP contribution in [-0.4, -0.2) is 18.0 Å². The van der Waals surface area contributed by atoms with Crippen molar-refractivity contribution < 1.29 is 9.84 Å². The van der Waals surface area contributed by atoms with Crippen molar-refractivity contribution in [1.29, 1.82) is 0 Å². The molecule has 0 fully saturated rings. The summed E-state index contributed by atoms with van der Waals surface area (Å²) in [5, 5.41) is 9.62. The van der Waals surface area contributed by atoms with E-state index >= 15 is 0 Å². The average molecular weight is 258 g/mol. The van der Waals surface area contributed by atoms with Gasteiger partial charge >= 0.3 is 0 Å². The van der Waals surface area contributed by atoms with Gasteiger partial charge in [-0.2, -0.15) is 0 Å². The summed E-state index contributed by atoms with van der Waals surface area (Å²) >= 11 is 0. The van der Waals surface area contributed by atoms with Crippen LogP contribution in [0.4, 0.5) is 0 Å². The predicted molar refractivity (Wildman–Crippen MR) is 78.7 cm³/mol. The second-order valence-electron chi connectivity index (χ2n) is 5.30. The van der Waals surface area contributed by atoms with Crippen LogP contribution in [0.5, 0.6) is 0 Å². The van der Waals surface area contributed by atoms with Gasteiger partial charge in [-0.3, -0.25) is 0 Å². The van der Waals surface area contributed by atoms with Crippen LogP contribution >= 0.6 is 0 Å². The van der Waals surface area contributed by atoms with Crippen molar-refractivity contribution in [2.45, 2.75) is 97.2 Å². The minimum Gasteiger partial charge on any atom is -0.368 e.